The smallest absolute Gasteiger partial charge is 0.257 e. The molecule has 0 aliphatic heterocycles. The van der Waals surface area contributed by atoms with E-state index in [1.807, 2.05) is 49.9 Å². The third-order valence-corrected chi connectivity index (χ3v) is 6.50. The lowest BCUT2D eigenvalue weighted by molar-refractivity contribution is -0.118. The average molecular weight is 538 g/mol. The number of nitrogens with zero attached hydrogens (tertiary/aromatic N) is 3. The summed E-state index contributed by atoms with van der Waals surface area (Å²) in [4.78, 5) is 19.2. The maximum absolute atomic E-state index is 14.4. The zero-order valence-corrected chi connectivity index (χ0v) is 23.9. The quantitative estimate of drug-likeness (QED) is 0.232. The molecule has 39 heavy (non-hydrogen) atoms. The zero-order chi connectivity index (χ0) is 28.4. The molecule has 2 aromatic carbocycles. The molecule has 1 aliphatic carbocycles. The van der Waals surface area contributed by atoms with E-state index in [0.717, 1.165) is 54.9 Å². The van der Waals surface area contributed by atoms with Crippen molar-refractivity contribution in [2.45, 2.75) is 65.2 Å². The van der Waals surface area contributed by atoms with Crippen LogP contribution in [0, 0.1) is 12.7 Å². The lowest BCUT2D eigenvalue weighted by Crippen LogP contribution is -2.53. The molecule has 9 heteroatoms. The van der Waals surface area contributed by atoms with Crippen LogP contribution in [0.4, 0.5) is 10.2 Å². The van der Waals surface area contributed by atoms with Gasteiger partial charge < -0.3 is 25.8 Å². The first-order valence-electron chi connectivity index (χ1n) is 13.8. The van der Waals surface area contributed by atoms with Gasteiger partial charge in [0.05, 0.1) is 11.9 Å². The van der Waals surface area contributed by atoms with Gasteiger partial charge in [-0.3, -0.25) is 10.1 Å². The number of rotatable bonds is 10. The number of imidazole rings is 1. The molecule has 0 fully saturated rings. The number of aromatic nitrogens is 2. The van der Waals surface area contributed by atoms with Gasteiger partial charge in [-0.15, -0.1) is 0 Å². The molecule has 212 valence electrons. The number of likely N-dealkylation sites (N-methyl/N-ethyl adjacent to an activating group) is 1. The van der Waals surface area contributed by atoms with Gasteiger partial charge >= 0.3 is 0 Å². The van der Waals surface area contributed by atoms with Gasteiger partial charge in [0, 0.05) is 25.7 Å². The van der Waals surface area contributed by atoms with Gasteiger partial charge in [0.25, 0.3) is 5.91 Å². The molecule has 0 radical (unpaired) electrons. The predicted octanol–water partition coefficient (Wildman–Crippen LogP) is 3.76. The molecule has 1 amide bonds. The number of benzene rings is 2. The van der Waals surface area contributed by atoms with E-state index in [1.165, 1.54) is 6.42 Å². The summed E-state index contributed by atoms with van der Waals surface area (Å²) < 4.78 is 16.3. The Morgan fingerprint density at radius 2 is 2.00 bits per heavy atom. The summed E-state index contributed by atoms with van der Waals surface area (Å²) in [7, 11) is 4.10. The summed E-state index contributed by atoms with van der Waals surface area (Å²) in [5.74, 6) is -0.148. The molecule has 0 spiro atoms. The van der Waals surface area contributed by atoms with Gasteiger partial charge in [0.1, 0.15) is 18.3 Å². The number of carbonyl (C=O) groups is 1. The van der Waals surface area contributed by atoms with Crippen LogP contribution in [0.1, 0.15) is 48.9 Å². The zero-order valence-electron chi connectivity index (χ0n) is 23.9. The maximum Gasteiger partial charge on any atom is 0.257 e. The molecule has 4 rings (SSSR count). The van der Waals surface area contributed by atoms with Gasteiger partial charge in [-0.05, 0) is 74.7 Å². The van der Waals surface area contributed by atoms with Crippen molar-refractivity contribution >= 4 is 11.7 Å². The Labute approximate surface area is 232 Å². The van der Waals surface area contributed by atoms with E-state index in [9.17, 15) is 9.18 Å². The molecule has 0 bridgehead atoms. The number of aryl methyl sites for hydroxylation is 2. The van der Waals surface area contributed by atoms with Gasteiger partial charge in [-0.1, -0.05) is 44.5 Å². The molecule has 2 atom stereocenters. The van der Waals surface area contributed by atoms with Crippen molar-refractivity contribution in [1.82, 2.24) is 25.1 Å². The Kier molecular flexibility index (Phi) is 11.6. The monoisotopic (exact) mass is 537 g/mol. The fourth-order valence-corrected chi connectivity index (χ4v) is 4.61. The minimum Gasteiger partial charge on any atom is -0.311 e. The van der Waals surface area contributed by atoms with Crippen LogP contribution in [-0.4, -0.2) is 59.8 Å². The summed E-state index contributed by atoms with van der Waals surface area (Å²) in [5.41, 5.74) is 10.9. The molecule has 1 aliphatic rings. The highest BCUT2D eigenvalue weighted by Crippen LogP contribution is 2.25. The topological polar surface area (TPSA) is 100 Å². The summed E-state index contributed by atoms with van der Waals surface area (Å²) >= 11 is 0. The first-order valence-corrected chi connectivity index (χ1v) is 13.8. The van der Waals surface area contributed by atoms with Gasteiger partial charge in [-0.25, -0.2) is 9.37 Å². The lowest BCUT2D eigenvalue weighted by Gasteiger charge is -2.28. The van der Waals surface area contributed by atoms with Gasteiger partial charge in [-0.2, -0.15) is 0 Å². The van der Waals surface area contributed by atoms with Crippen LogP contribution < -0.4 is 21.7 Å². The summed E-state index contributed by atoms with van der Waals surface area (Å²) in [6.45, 7) is 8.72. The molecule has 1 aromatic heterocycles. The van der Waals surface area contributed by atoms with Crippen LogP contribution in [-0.2, 0) is 24.2 Å². The molecular formula is C30H44FN7O. The van der Waals surface area contributed by atoms with Crippen molar-refractivity contribution in [3.8, 4) is 5.69 Å². The first kappa shape index (κ1) is 30.4. The minimum absolute atomic E-state index is 0.0695. The number of para-hydroxylation sites is 1. The van der Waals surface area contributed by atoms with E-state index < -0.39 is 6.17 Å². The average Bonchev–Trinajstić information content (AvgIpc) is 3.35. The van der Waals surface area contributed by atoms with Crippen LogP contribution in [0.2, 0.25) is 0 Å². The Balaban J connectivity index is 0.00000134. The highest BCUT2D eigenvalue weighted by atomic mass is 19.1. The van der Waals surface area contributed by atoms with Crippen LogP contribution in [0.3, 0.4) is 0 Å². The van der Waals surface area contributed by atoms with Gasteiger partial charge in [0.2, 0.25) is 0 Å². The summed E-state index contributed by atoms with van der Waals surface area (Å²) in [6, 6.07) is 11.6. The largest absolute Gasteiger partial charge is 0.311 e. The van der Waals surface area contributed by atoms with E-state index in [-0.39, 0.29) is 17.8 Å². The normalized spacial score (nSPS) is 15.3. The Morgan fingerprint density at radius 1 is 1.26 bits per heavy atom. The van der Waals surface area contributed by atoms with E-state index in [2.05, 4.69) is 45.7 Å². The van der Waals surface area contributed by atoms with E-state index in [0.29, 0.717) is 17.8 Å². The molecule has 2 unspecified atom stereocenters. The van der Waals surface area contributed by atoms with E-state index >= 15 is 0 Å². The summed E-state index contributed by atoms with van der Waals surface area (Å²) in [5, 5.41) is 9.40. The van der Waals surface area contributed by atoms with Crippen molar-refractivity contribution in [3.05, 3.63) is 77.0 Å². The number of hydrogen-bond acceptors (Lipinski definition) is 6. The molecule has 0 saturated carbocycles. The SMILES string of the molecule is CCC.Cc1cc(F)c2c(c1)CCC(NC(N)C(=O)Nc1cn(-c3ccccc3CNCCN(C)C)cn1)C2. The van der Waals surface area contributed by atoms with Crippen LogP contribution >= 0.6 is 0 Å². The third kappa shape index (κ3) is 8.96. The van der Waals surface area contributed by atoms with E-state index in [4.69, 9.17) is 5.73 Å². The second-order valence-electron chi connectivity index (χ2n) is 10.4. The van der Waals surface area contributed by atoms with Crippen molar-refractivity contribution in [2.24, 2.45) is 5.73 Å². The number of halogens is 1. The van der Waals surface area contributed by atoms with Crippen LogP contribution in [0.15, 0.2) is 48.9 Å². The number of nitrogens with one attached hydrogen (secondary N) is 3. The first-order chi connectivity index (χ1) is 18.7. The molecular weight excluding hydrogens is 493 g/mol. The molecule has 5 N–H and O–H groups in total. The second-order valence-corrected chi connectivity index (χ2v) is 10.4. The number of nitrogens with two attached hydrogens (primary N) is 1. The van der Waals surface area contributed by atoms with Crippen molar-refractivity contribution in [1.29, 1.82) is 0 Å². The minimum atomic E-state index is -0.927. The lowest BCUT2D eigenvalue weighted by atomic mass is 9.87. The van der Waals surface area contributed by atoms with Crippen molar-refractivity contribution < 1.29 is 9.18 Å². The van der Waals surface area contributed by atoms with Crippen LogP contribution in [0.25, 0.3) is 5.69 Å². The number of carbonyl (C=O) groups excluding carboxylic acids is 1. The fraction of sp³-hybridized carbons (Fsp3) is 0.467. The Hall–Kier alpha value is -3.11. The number of hydrogen-bond donors (Lipinski definition) is 4. The molecule has 8 nitrogen and oxygen atoms in total. The summed E-state index contributed by atoms with van der Waals surface area (Å²) in [6.07, 6.45) is 5.84. The number of amides is 1. The van der Waals surface area contributed by atoms with Crippen molar-refractivity contribution in [2.75, 3.05) is 32.5 Å². The third-order valence-electron chi connectivity index (χ3n) is 6.50. The van der Waals surface area contributed by atoms with Crippen molar-refractivity contribution in [3.63, 3.8) is 0 Å². The highest BCUT2D eigenvalue weighted by molar-refractivity contribution is 5.93. The molecule has 3 aromatic rings. The number of fused-ring (bicyclic) bond motifs is 1. The van der Waals surface area contributed by atoms with E-state index in [1.54, 1.807) is 18.6 Å². The highest BCUT2D eigenvalue weighted by Gasteiger charge is 2.25. The molecule has 1 heterocycles. The molecule has 0 saturated heterocycles. The number of anilines is 1. The predicted molar refractivity (Wildman–Crippen MR) is 156 cm³/mol. The Bertz CT molecular complexity index is 1210. The Morgan fingerprint density at radius 3 is 2.74 bits per heavy atom. The van der Waals surface area contributed by atoms with Gasteiger partial charge in [0.15, 0.2) is 5.82 Å². The maximum atomic E-state index is 14.4. The standard InChI is InChI=1S/C27H36FN7O.C3H8/c1-18-12-19-8-9-21(14-22(19)23(28)13-18)32-26(29)27(36)33-25-16-35(17-31-25)24-7-5-4-6-20(24)15-30-10-11-34(2)3;1-3-2/h4-7,12-13,16-17,21,26,30,32H,8-11,14-15,29H2,1-3H3,(H,33,36);3H2,1-2H3. The fourth-order valence-electron chi connectivity index (χ4n) is 4.61. The second kappa shape index (κ2) is 14.9. The van der Waals surface area contributed by atoms with Crippen LogP contribution in [0.5, 0.6) is 0 Å².